The van der Waals surface area contributed by atoms with E-state index in [9.17, 15) is 4.79 Å². The third-order valence-electron chi connectivity index (χ3n) is 3.23. The molecule has 0 fully saturated rings. The van der Waals surface area contributed by atoms with E-state index in [1.165, 1.54) is 0 Å². The van der Waals surface area contributed by atoms with Crippen LogP contribution in [0.1, 0.15) is 18.5 Å². The van der Waals surface area contributed by atoms with E-state index in [-0.39, 0.29) is 18.7 Å². The van der Waals surface area contributed by atoms with Crippen LogP contribution < -0.4 is 14.8 Å². The highest BCUT2D eigenvalue weighted by Gasteiger charge is 2.25. The largest absolute Gasteiger partial charge is 0.454 e. The fourth-order valence-corrected chi connectivity index (χ4v) is 2.25. The van der Waals surface area contributed by atoms with Gasteiger partial charge in [0, 0.05) is 13.2 Å². The van der Waals surface area contributed by atoms with Crippen LogP contribution >= 0.6 is 0 Å². The molecule has 0 saturated heterocycles. The standard InChI is InChI=1S/C15H22N2O4/c1-4-19-8-7-16-15(18)14(17(2)3)11-5-6-12-13(9-11)21-10-20-12/h5-6,9,14H,4,7-8,10H2,1-3H3,(H,16,18)/t14-/m0/s1. The molecule has 0 saturated carbocycles. The Morgan fingerprint density at radius 2 is 2.14 bits per heavy atom. The first-order valence-electron chi connectivity index (χ1n) is 7.05. The third kappa shape index (κ3) is 3.86. The van der Waals surface area contributed by atoms with Gasteiger partial charge >= 0.3 is 0 Å². The molecule has 0 radical (unpaired) electrons. The Kier molecular flexibility index (Phi) is 5.41. The van der Waals surface area contributed by atoms with Crippen molar-refractivity contribution in [1.29, 1.82) is 0 Å². The molecule has 0 spiro atoms. The lowest BCUT2D eigenvalue weighted by Crippen LogP contribution is -2.38. The molecule has 0 bridgehead atoms. The van der Waals surface area contributed by atoms with Crippen molar-refractivity contribution in [3.8, 4) is 11.5 Å². The van der Waals surface area contributed by atoms with Crippen molar-refractivity contribution in [2.45, 2.75) is 13.0 Å². The minimum atomic E-state index is -0.374. The number of hydrogen-bond donors (Lipinski definition) is 1. The molecular formula is C15H22N2O4. The van der Waals surface area contributed by atoms with Crippen LogP contribution in [0.4, 0.5) is 0 Å². The molecule has 0 aliphatic carbocycles. The Balaban J connectivity index is 2.06. The van der Waals surface area contributed by atoms with Crippen molar-refractivity contribution in [1.82, 2.24) is 10.2 Å². The fourth-order valence-electron chi connectivity index (χ4n) is 2.25. The predicted molar refractivity (Wildman–Crippen MR) is 78.5 cm³/mol. The van der Waals surface area contributed by atoms with E-state index in [0.29, 0.717) is 31.3 Å². The summed E-state index contributed by atoms with van der Waals surface area (Å²) in [5, 5.41) is 2.89. The molecule has 6 heteroatoms. The van der Waals surface area contributed by atoms with Gasteiger partial charge in [-0.15, -0.1) is 0 Å². The van der Waals surface area contributed by atoms with Gasteiger partial charge < -0.3 is 19.5 Å². The number of carbonyl (C=O) groups excluding carboxylic acids is 1. The van der Waals surface area contributed by atoms with Crippen LogP contribution in [-0.2, 0) is 9.53 Å². The van der Waals surface area contributed by atoms with Crippen molar-refractivity contribution >= 4 is 5.91 Å². The topological polar surface area (TPSA) is 60.0 Å². The first-order chi connectivity index (χ1) is 10.1. The smallest absolute Gasteiger partial charge is 0.242 e. The summed E-state index contributed by atoms with van der Waals surface area (Å²) < 4.78 is 15.9. The van der Waals surface area contributed by atoms with Crippen molar-refractivity contribution in [2.75, 3.05) is 40.6 Å². The number of hydrogen-bond acceptors (Lipinski definition) is 5. The van der Waals surface area contributed by atoms with E-state index < -0.39 is 0 Å². The van der Waals surface area contributed by atoms with E-state index in [1.54, 1.807) is 0 Å². The average Bonchev–Trinajstić information content (AvgIpc) is 2.91. The molecule has 21 heavy (non-hydrogen) atoms. The lowest BCUT2D eigenvalue weighted by Gasteiger charge is -2.24. The Morgan fingerprint density at radius 1 is 1.38 bits per heavy atom. The highest BCUT2D eigenvalue weighted by molar-refractivity contribution is 5.83. The van der Waals surface area contributed by atoms with Crippen LogP contribution in [0.25, 0.3) is 0 Å². The molecule has 116 valence electrons. The number of likely N-dealkylation sites (N-methyl/N-ethyl adjacent to an activating group) is 1. The SMILES string of the molecule is CCOCCNC(=O)[C@H](c1ccc2c(c1)OCO2)N(C)C. The van der Waals surface area contributed by atoms with Crippen LogP contribution in [-0.4, -0.2) is 51.5 Å². The second kappa shape index (κ2) is 7.28. The van der Waals surface area contributed by atoms with Crippen LogP contribution in [0, 0.1) is 0 Å². The maximum atomic E-state index is 12.4. The van der Waals surface area contributed by atoms with Crippen molar-refractivity contribution in [3.05, 3.63) is 23.8 Å². The molecule has 1 atom stereocenters. The second-order valence-electron chi connectivity index (χ2n) is 4.97. The van der Waals surface area contributed by atoms with Gasteiger partial charge in [0.2, 0.25) is 12.7 Å². The lowest BCUT2D eigenvalue weighted by molar-refractivity contribution is -0.126. The summed E-state index contributed by atoms with van der Waals surface area (Å²) in [5.41, 5.74) is 0.873. The van der Waals surface area contributed by atoms with Gasteiger partial charge in [0.05, 0.1) is 6.61 Å². The highest BCUT2D eigenvalue weighted by Crippen LogP contribution is 2.35. The summed E-state index contributed by atoms with van der Waals surface area (Å²) in [4.78, 5) is 14.2. The van der Waals surface area contributed by atoms with E-state index in [4.69, 9.17) is 14.2 Å². The van der Waals surface area contributed by atoms with Gasteiger partial charge in [0.15, 0.2) is 11.5 Å². The van der Waals surface area contributed by atoms with Crippen LogP contribution in [0.3, 0.4) is 0 Å². The fraction of sp³-hybridized carbons (Fsp3) is 0.533. The molecule has 0 aromatic heterocycles. The van der Waals surface area contributed by atoms with Gasteiger partial charge in [-0.2, -0.15) is 0 Å². The summed E-state index contributed by atoms with van der Waals surface area (Å²) in [5.74, 6) is 1.34. The van der Waals surface area contributed by atoms with Crippen molar-refractivity contribution in [3.63, 3.8) is 0 Å². The molecule has 1 aliphatic rings. The summed E-state index contributed by atoms with van der Waals surface area (Å²) in [7, 11) is 3.74. The van der Waals surface area contributed by atoms with E-state index in [1.807, 2.05) is 44.1 Å². The minimum Gasteiger partial charge on any atom is -0.454 e. The summed E-state index contributed by atoms with van der Waals surface area (Å²) in [6.07, 6.45) is 0. The number of fused-ring (bicyclic) bond motifs is 1. The molecule has 1 aliphatic heterocycles. The van der Waals surface area contributed by atoms with Gasteiger partial charge in [-0.3, -0.25) is 9.69 Å². The summed E-state index contributed by atoms with van der Waals surface area (Å²) >= 11 is 0. The van der Waals surface area contributed by atoms with E-state index in [2.05, 4.69) is 5.32 Å². The van der Waals surface area contributed by atoms with Gasteiger partial charge in [0.1, 0.15) is 6.04 Å². The number of amides is 1. The molecule has 1 N–H and O–H groups in total. The molecular weight excluding hydrogens is 272 g/mol. The Labute approximate surface area is 125 Å². The van der Waals surface area contributed by atoms with Crippen molar-refractivity contribution < 1.29 is 19.0 Å². The number of ether oxygens (including phenoxy) is 3. The molecule has 0 unspecified atom stereocenters. The normalized spacial score (nSPS) is 14.3. The van der Waals surface area contributed by atoms with Gasteiger partial charge in [0.25, 0.3) is 0 Å². The van der Waals surface area contributed by atoms with E-state index in [0.717, 1.165) is 5.56 Å². The lowest BCUT2D eigenvalue weighted by atomic mass is 10.0. The highest BCUT2D eigenvalue weighted by atomic mass is 16.7. The second-order valence-corrected chi connectivity index (χ2v) is 4.97. The predicted octanol–water partition coefficient (Wildman–Crippen LogP) is 1.17. The number of benzene rings is 1. The number of carbonyl (C=O) groups is 1. The van der Waals surface area contributed by atoms with Gasteiger partial charge in [-0.05, 0) is 38.7 Å². The average molecular weight is 294 g/mol. The zero-order chi connectivity index (χ0) is 15.2. The number of rotatable bonds is 7. The number of nitrogens with one attached hydrogen (secondary N) is 1. The first-order valence-corrected chi connectivity index (χ1v) is 7.05. The van der Waals surface area contributed by atoms with Crippen molar-refractivity contribution in [2.24, 2.45) is 0 Å². The summed E-state index contributed by atoms with van der Waals surface area (Å²) in [6, 6.07) is 5.21. The zero-order valence-electron chi connectivity index (χ0n) is 12.7. The minimum absolute atomic E-state index is 0.0569. The monoisotopic (exact) mass is 294 g/mol. The molecule has 1 aromatic carbocycles. The molecule has 1 amide bonds. The molecule has 2 rings (SSSR count). The third-order valence-corrected chi connectivity index (χ3v) is 3.23. The summed E-state index contributed by atoms with van der Waals surface area (Å²) in [6.45, 7) is 3.82. The van der Waals surface area contributed by atoms with Gasteiger partial charge in [-0.25, -0.2) is 0 Å². The molecule has 1 aromatic rings. The maximum absolute atomic E-state index is 12.4. The van der Waals surface area contributed by atoms with E-state index >= 15 is 0 Å². The quantitative estimate of drug-likeness (QED) is 0.765. The van der Waals surface area contributed by atoms with Crippen LogP contribution in [0.2, 0.25) is 0 Å². The molecule has 1 heterocycles. The molecule has 6 nitrogen and oxygen atoms in total. The Morgan fingerprint density at radius 3 is 2.86 bits per heavy atom. The zero-order valence-corrected chi connectivity index (χ0v) is 12.7. The maximum Gasteiger partial charge on any atom is 0.242 e. The van der Waals surface area contributed by atoms with Crippen LogP contribution in [0.5, 0.6) is 11.5 Å². The number of nitrogens with zero attached hydrogens (tertiary/aromatic N) is 1. The van der Waals surface area contributed by atoms with Crippen LogP contribution in [0.15, 0.2) is 18.2 Å². The van der Waals surface area contributed by atoms with Gasteiger partial charge in [-0.1, -0.05) is 6.07 Å². The Hall–Kier alpha value is -1.79. The Bertz CT molecular complexity index is 491. The first kappa shape index (κ1) is 15.6.